The number of hydrogen-bond donors (Lipinski definition) is 1. The Kier molecular flexibility index (Phi) is 3.31. The molecule has 0 unspecified atom stereocenters. The molecule has 0 amide bonds. The summed E-state index contributed by atoms with van der Waals surface area (Å²) < 4.78 is 7.11. The lowest BCUT2D eigenvalue weighted by Crippen LogP contribution is -2.26. The molecule has 3 rings (SSSR count). The minimum atomic E-state index is -1.03. The van der Waals surface area contributed by atoms with Gasteiger partial charge in [0.2, 0.25) is 5.88 Å². The van der Waals surface area contributed by atoms with Crippen LogP contribution in [0.2, 0.25) is 0 Å². The Morgan fingerprint density at radius 2 is 2.35 bits per heavy atom. The third-order valence-corrected chi connectivity index (χ3v) is 3.55. The van der Waals surface area contributed by atoms with Gasteiger partial charge in [-0.15, -0.1) is 0 Å². The Labute approximate surface area is 116 Å². The van der Waals surface area contributed by atoms with Gasteiger partial charge in [0.1, 0.15) is 12.3 Å². The monoisotopic (exact) mass is 275 g/mol. The van der Waals surface area contributed by atoms with Gasteiger partial charge in [0.15, 0.2) is 5.69 Å². The Hall–Kier alpha value is -2.08. The van der Waals surface area contributed by atoms with Crippen molar-refractivity contribution in [1.82, 2.24) is 14.3 Å². The molecule has 20 heavy (non-hydrogen) atoms. The molecule has 1 aliphatic rings. The maximum absolute atomic E-state index is 11.4. The van der Waals surface area contributed by atoms with Crippen molar-refractivity contribution in [2.24, 2.45) is 0 Å². The van der Waals surface area contributed by atoms with E-state index < -0.39 is 5.97 Å². The van der Waals surface area contributed by atoms with Gasteiger partial charge in [-0.3, -0.25) is 4.40 Å². The van der Waals surface area contributed by atoms with Crippen LogP contribution in [-0.2, 0) is 0 Å². The fourth-order valence-corrected chi connectivity index (χ4v) is 2.25. The van der Waals surface area contributed by atoms with Crippen LogP contribution in [0.3, 0.4) is 0 Å². The van der Waals surface area contributed by atoms with E-state index in [9.17, 15) is 9.90 Å². The maximum Gasteiger partial charge on any atom is 0.358 e. The summed E-state index contributed by atoms with van der Waals surface area (Å²) in [6.07, 6.45) is 4.16. The zero-order chi connectivity index (χ0) is 14.1. The standard InChI is InChI=1S/C14H17N3O3/c1-16(10-5-6-10)8-9-20-13-12(14(18)19)17-7-3-2-4-11(17)15-13/h2-4,7,10H,5-6,8-9H2,1H3,(H,18,19). The van der Waals surface area contributed by atoms with Crippen LogP contribution in [0, 0.1) is 0 Å². The number of carboxylic acid groups (broad SMARTS) is 1. The molecule has 0 radical (unpaired) electrons. The van der Waals surface area contributed by atoms with Crippen LogP contribution < -0.4 is 4.74 Å². The molecule has 2 aromatic rings. The summed E-state index contributed by atoms with van der Waals surface area (Å²) in [6.45, 7) is 1.22. The molecule has 2 aromatic heterocycles. The smallest absolute Gasteiger partial charge is 0.358 e. The molecule has 1 fully saturated rings. The number of aromatic nitrogens is 2. The predicted octanol–water partition coefficient (Wildman–Crippen LogP) is 1.51. The van der Waals surface area contributed by atoms with Crippen LogP contribution in [0.4, 0.5) is 0 Å². The van der Waals surface area contributed by atoms with Crippen LogP contribution in [0.5, 0.6) is 5.88 Å². The number of carbonyl (C=O) groups is 1. The summed E-state index contributed by atoms with van der Waals surface area (Å²) >= 11 is 0. The van der Waals surface area contributed by atoms with E-state index in [-0.39, 0.29) is 11.6 Å². The Balaban J connectivity index is 1.76. The minimum Gasteiger partial charge on any atom is -0.476 e. The number of carboxylic acids is 1. The van der Waals surface area contributed by atoms with Crippen LogP contribution in [0.1, 0.15) is 23.3 Å². The van der Waals surface area contributed by atoms with Crippen molar-refractivity contribution < 1.29 is 14.6 Å². The molecular formula is C14H17N3O3. The van der Waals surface area contributed by atoms with Crippen LogP contribution in [0.15, 0.2) is 24.4 Å². The highest BCUT2D eigenvalue weighted by Gasteiger charge is 2.26. The highest BCUT2D eigenvalue weighted by Crippen LogP contribution is 2.25. The normalized spacial score (nSPS) is 14.9. The van der Waals surface area contributed by atoms with Gasteiger partial charge in [0.25, 0.3) is 0 Å². The number of pyridine rings is 1. The number of fused-ring (bicyclic) bond motifs is 1. The van der Waals surface area contributed by atoms with Gasteiger partial charge in [-0.25, -0.2) is 4.79 Å². The first-order valence-electron chi connectivity index (χ1n) is 6.70. The number of likely N-dealkylation sites (N-methyl/N-ethyl adjacent to an activating group) is 1. The molecule has 106 valence electrons. The average Bonchev–Trinajstić information content (AvgIpc) is 3.19. The zero-order valence-corrected chi connectivity index (χ0v) is 11.3. The second-order valence-electron chi connectivity index (χ2n) is 5.06. The molecule has 1 N–H and O–H groups in total. The first kappa shape index (κ1) is 12.9. The minimum absolute atomic E-state index is 0.0784. The van der Waals surface area contributed by atoms with Crippen molar-refractivity contribution in [3.05, 3.63) is 30.1 Å². The van der Waals surface area contributed by atoms with E-state index in [0.29, 0.717) is 18.3 Å². The van der Waals surface area contributed by atoms with E-state index >= 15 is 0 Å². The summed E-state index contributed by atoms with van der Waals surface area (Å²) in [5.74, 6) is -0.845. The second kappa shape index (κ2) is 5.13. The molecular weight excluding hydrogens is 258 g/mol. The summed E-state index contributed by atoms with van der Waals surface area (Å²) in [7, 11) is 2.06. The first-order valence-corrected chi connectivity index (χ1v) is 6.70. The topological polar surface area (TPSA) is 67.1 Å². The molecule has 0 aliphatic heterocycles. The van der Waals surface area contributed by atoms with E-state index in [2.05, 4.69) is 16.9 Å². The van der Waals surface area contributed by atoms with Gasteiger partial charge in [-0.2, -0.15) is 4.98 Å². The van der Waals surface area contributed by atoms with E-state index in [4.69, 9.17) is 4.74 Å². The predicted molar refractivity (Wildman–Crippen MR) is 73.3 cm³/mol. The molecule has 0 atom stereocenters. The third-order valence-electron chi connectivity index (χ3n) is 3.55. The van der Waals surface area contributed by atoms with Gasteiger partial charge in [0, 0.05) is 18.8 Å². The molecule has 2 heterocycles. The van der Waals surface area contributed by atoms with Crippen molar-refractivity contribution in [3.8, 4) is 5.88 Å². The summed E-state index contributed by atoms with van der Waals surface area (Å²) in [5, 5.41) is 9.31. The molecule has 1 aliphatic carbocycles. The first-order chi connectivity index (χ1) is 9.66. The van der Waals surface area contributed by atoms with Gasteiger partial charge >= 0.3 is 5.97 Å². The average molecular weight is 275 g/mol. The second-order valence-corrected chi connectivity index (χ2v) is 5.06. The quantitative estimate of drug-likeness (QED) is 0.865. The van der Waals surface area contributed by atoms with Gasteiger partial charge in [-0.05, 0) is 32.0 Å². The third kappa shape index (κ3) is 2.46. The maximum atomic E-state index is 11.4. The highest BCUT2D eigenvalue weighted by molar-refractivity contribution is 5.89. The van der Waals surface area contributed by atoms with Crippen molar-refractivity contribution in [3.63, 3.8) is 0 Å². The molecule has 0 saturated heterocycles. The van der Waals surface area contributed by atoms with E-state index in [1.54, 1.807) is 18.3 Å². The Morgan fingerprint density at radius 1 is 1.55 bits per heavy atom. The molecule has 6 nitrogen and oxygen atoms in total. The Bertz CT molecular complexity index is 634. The molecule has 1 saturated carbocycles. The molecule has 6 heteroatoms. The fourth-order valence-electron chi connectivity index (χ4n) is 2.25. The van der Waals surface area contributed by atoms with Crippen LogP contribution >= 0.6 is 0 Å². The fraction of sp³-hybridized carbons (Fsp3) is 0.429. The number of rotatable bonds is 6. The largest absolute Gasteiger partial charge is 0.476 e. The Morgan fingerprint density at radius 3 is 3.05 bits per heavy atom. The van der Waals surface area contributed by atoms with Crippen LogP contribution in [-0.4, -0.2) is 51.6 Å². The summed E-state index contributed by atoms with van der Waals surface area (Å²) in [4.78, 5) is 17.8. The van der Waals surface area contributed by atoms with Crippen molar-refractivity contribution in [2.75, 3.05) is 20.2 Å². The number of aromatic carboxylic acids is 1. The summed E-state index contributed by atoms with van der Waals surface area (Å²) in [5.41, 5.74) is 0.658. The van der Waals surface area contributed by atoms with Crippen molar-refractivity contribution >= 4 is 11.6 Å². The lowest BCUT2D eigenvalue weighted by atomic mass is 10.4. The number of nitrogens with zero attached hydrogens (tertiary/aromatic N) is 3. The van der Waals surface area contributed by atoms with E-state index in [1.807, 2.05) is 6.07 Å². The molecule has 0 aromatic carbocycles. The van der Waals surface area contributed by atoms with Gasteiger partial charge in [0.05, 0.1) is 0 Å². The van der Waals surface area contributed by atoms with Gasteiger partial charge in [-0.1, -0.05) is 6.07 Å². The zero-order valence-electron chi connectivity index (χ0n) is 11.3. The van der Waals surface area contributed by atoms with Gasteiger partial charge < -0.3 is 14.7 Å². The lowest BCUT2D eigenvalue weighted by molar-refractivity contribution is 0.0683. The number of imidazole rings is 1. The van der Waals surface area contributed by atoms with Crippen LogP contribution in [0.25, 0.3) is 5.65 Å². The van der Waals surface area contributed by atoms with Crippen molar-refractivity contribution in [1.29, 1.82) is 0 Å². The molecule has 0 spiro atoms. The summed E-state index contributed by atoms with van der Waals surface area (Å²) in [6, 6.07) is 6.01. The number of hydrogen-bond acceptors (Lipinski definition) is 4. The molecule has 0 bridgehead atoms. The van der Waals surface area contributed by atoms with Crippen molar-refractivity contribution in [2.45, 2.75) is 18.9 Å². The SMILES string of the molecule is CN(CCOc1nc2ccccn2c1C(=O)O)C1CC1. The van der Waals surface area contributed by atoms with E-state index in [1.165, 1.54) is 17.2 Å². The number of ether oxygens (including phenoxy) is 1. The highest BCUT2D eigenvalue weighted by atomic mass is 16.5. The van der Waals surface area contributed by atoms with E-state index in [0.717, 1.165) is 6.54 Å². The lowest BCUT2D eigenvalue weighted by Gasteiger charge is -2.15.